The van der Waals surface area contributed by atoms with E-state index < -0.39 is 28.5 Å². The average Bonchev–Trinajstić information content (AvgIpc) is 2.92. The Bertz CT molecular complexity index is 1430. The smallest absolute Gasteiger partial charge is 0.264 e. The molecule has 40 heavy (non-hydrogen) atoms. The van der Waals surface area contributed by atoms with Crippen molar-refractivity contribution in [1.29, 1.82) is 0 Å². The fourth-order valence-electron chi connectivity index (χ4n) is 4.46. The molecule has 0 saturated heterocycles. The van der Waals surface area contributed by atoms with Crippen LogP contribution in [-0.4, -0.2) is 44.3 Å². The Morgan fingerprint density at radius 3 is 2.12 bits per heavy atom. The van der Waals surface area contributed by atoms with E-state index in [1.54, 1.807) is 48.5 Å². The van der Waals surface area contributed by atoms with Gasteiger partial charge in [-0.2, -0.15) is 0 Å². The number of benzene rings is 3. The van der Waals surface area contributed by atoms with Gasteiger partial charge in [-0.05, 0) is 79.8 Å². The third-order valence-electron chi connectivity index (χ3n) is 6.38. The molecule has 1 N–H and O–H groups in total. The molecule has 3 aromatic rings. The Kier molecular flexibility index (Phi) is 11.0. The van der Waals surface area contributed by atoms with Gasteiger partial charge in [0.25, 0.3) is 10.0 Å². The van der Waals surface area contributed by atoms with Crippen LogP contribution in [-0.2, 0) is 26.2 Å². The van der Waals surface area contributed by atoms with Crippen molar-refractivity contribution in [3.05, 3.63) is 93.5 Å². The zero-order valence-corrected chi connectivity index (χ0v) is 25.5. The molecule has 1 atom stereocenters. The summed E-state index contributed by atoms with van der Waals surface area (Å²) in [6.45, 7) is 7.49. The van der Waals surface area contributed by atoms with E-state index in [1.807, 2.05) is 33.8 Å². The number of anilines is 1. The van der Waals surface area contributed by atoms with E-state index in [2.05, 4.69) is 5.32 Å². The first-order valence-corrected chi connectivity index (χ1v) is 15.3. The van der Waals surface area contributed by atoms with Crippen molar-refractivity contribution >= 4 is 50.7 Å². The van der Waals surface area contributed by atoms with Crippen LogP contribution in [0.3, 0.4) is 0 Å². The molecule has 0 aliphatic rings. The average molecular weight is 605 g/mol. The normalized spacial score (nSPS) is 12.1. The molecule has 10 heteroatoms. The molecule has 3 rings (SSSR count). The third kappa shape index (κ3) is 7.77. The predicted octanol–water partition coefficient (Wildman–Crippen LogP) is 6.14. The van der Waals surface area contributed by atoms with Gasteiger partial charge in [-0.3, -0.25) is 13.9 Å². The number of aryl methyl sites for hydroxylation is 2. The summed E-state index contributed by atoms with van der Waals surface area (Å²) in [7, 11) is -4.12. The molecule has 0 bridgehead atoms. The van der Waals surface area contributed by atoms with Crippen molar-refractivity contribution in [3.8, 4) is 0 Å². The van der Waals surface area contributed by atoms with Gasteiger partial charge in [0.15, 0.2) is 0 Å². The topological polar surface area (TPSA) is 86.8 Å². The van der Waals surface area contributed by atoms with Crippen molar-refractivity contribution in [2.45, 2.75) is 58.0 Å². The van der Waals surface area contributed by atoms with Gasteiger partial charge >= 0.3 is 0 Å². The van der Waals surface area contributed by atoms with Gasteiger partial charge in [0.2, 0.25) is 11.8 Å². The molecule has 0 heterocycles. The molecule has 0 fully saturated rings. The van der Waals surface area contributed by atoms with Gasteiger partial charge < -0.3 is 10.2 Å². The summed E-state index contributed by atoms with van der Waals surface area (Å²) in [5, 5.41) is 3.55. The van der Waals surface area contributed by atoms with Gasteiger partial charge in [0, 0.05) is 13.1 Å². The van der Waals surface area contributed by atoms with E-state index in [9.17, 15) is 18.0 Å². The van der Waals surface area contributed by atoms with Crippen molar-refractivity contribution < 1.29 is 18.0 Å². The van der Waals surface area contributed by atoms with E-state index in [1.165, 1.54) is 17.0 Å². The molecule has 0 unspecified atom stereocenters. The second-order valence-electron chi connectivity index (χ2n) is 9.66. The van der Waals surface area contributed by atoms with Gasteiger partial charge in [-0.25, -0.2) is 8.42 Å². The lowest BCUT2D eigenvalue weighted by atomic mass is 10.1. The predicted molar refractivity (Wildman–Crippen MR) is 161 cm³/mol. The minimum Gasteiger partial charge on any atom is -0.354 e. The van der Waals surface area contributed by atoms with Crippen LogP contribution in [0.15, 0.2) is 71.6 Å². The number of amides is 2. The SMILES string of the molecule is CCCNC(=O)[C@@H](CC)N(Cc1ccc(Cl)c(Cl)c1)C(=O)CN(c1cc(C)cc(C)c1)S(=O)(=O)c1ccccc1. The number of nitrogens with one attached hydrogen (secondary N) is 1. The minimum absolute atomic E-state index is 0.0415. The molecule has 7 nitrogen and oxygen atoms in total. The molecule has 3 aromatic carbocycles. The Hall–Kier alpha value is -3.07. The first-order chi connectivity index (χ1) is 19.0. The Balaban J connectivity index is 2.08. The molecule has 0 saturated carbocycles. The number of carbonyl (C=O) groups excluding carboxylic acids is 2. The van der Waals surface area contributed by atoms with Crippen LogP contribution >= 0.6 is 23.2 Å². The number of hydrogen-bond donors (Lipinski definition) is 1. The highest BCUT2D eigenvalue weighted by Crippen LogP contribution is 2.28. The van der Waals surface area contributed by atoms with E-state index in [0.717, 1.165) is 21.9 Å². The number of halogens is 2. The van der Waals surface area contributed by atoms with Crippen molar-refractivity contribution in [2.75, 3.05) is 17.4 Å². The van der Waals surface area contributed by atoms with Gasteiger partial charge in [0.1, 0.15) is 12.6 Å². The highest BCUT2D eigenvalue weighted by Gasteiger charge is 2.33. The van der Waals surface area contributed by atoms with Crippen molar-refractivity contribution in [3.63, 3.8) is 0 Å². The van der Waals surface area contributed by atoms with Crippen LogP contribution in [0.2, 0.25) is 10.0 Å². The monoisotopic (exact) mass is 603 g/mol. The summed E-state index contributed by atoms with van der Waals surface area (Å²) in [5.74, 6) is -0.829. The summed E-state index contributed by atoms with van der Waals surface area (Å²) in [4.78, 5) is 28.7. The van der Waals surface area contributed by atoms with Crippen LogP contribution in [0.25, 0.3) is 0 Å². The van der Waals surface area contributed by atoms with E-state index in [0.29, 0.717) is 34.3 Å². The lowest BCUT2D eigenvalue weighted by Gasteiger charge is -2.33. The minimum atomic E-state index is -4.12. The largest absolute Gasteiger partial charge is 0.354 e. The molecular weight excluding hydrogens is 569 g/mol. The number of rotatable bonds is 12. The van der Waals surface area contributed by atoms with Crippen LogP contribution in [0, 0.1) is 13.8 Å². The molecule has 2 amide bonds. The Morgan fingerprint density at radius 2 is 1.55 bits per heavy atom. The standard InChI is InChI=1S/C30H35Cl2N3O4S/c1-5-14-33-30(37)28(6-2)34(19-23-12-13-26(31)27(32)18-23)29(36)20-35(24-16-21(3)15-22(4)17-24)40(38,39)25-10-8-7-9-11-25/h7-13,15-18,28H,5-6,14,19-20H2,1-4H3,(H,33,37)/t28-/m1/s1. The quantitative estimate of drug-likeness (QED) is 0.269. The van der Waals surface area contributed by atoms with Crippen LogP contribution in [0.4, 0.5) is 5.69 Å². The molecule has 214 valence electrons. The zero-order valence-electron chi connectivity index (χ0n) is 23.2. The summed E-state index contributed by atoms with van der Waals surface area (Å²) in [6, 6.07) is 17.6. The van der Waals surface area contributed by atoms with E-state index in [-0.39, 0.29) is 17.3 Å². The molecule has 0 aliphatic heterocycles. The van der Waals surface area contributed by atoms with Gasteiger partial charge in [-0.1, -0.05) is 67.4 Å². The van der Waals surface area contributed by atoms with Crippen LogP contribution in [0.1, 0.15) is 43.4 Å². The number of carbonyl (C=O) groups is 2. The Morgan fingerprint density at radius 1 is 0.900 bits per heavy atom. The summed E-state index contributed by atoms with van der Waals surface area (Å²) in [5.41, 5.74) is 2.74. The van der Waals surface area contributed by atoms with Gasteiger partial charge in [-0.15, -0.1) is 0 Å². The first-order valence-electron chi connectivity index (χ1n) is 13.1. The molecule has 0 aliphatic carbocycles. The molecule has 0 radical (unpaired) electrons. The molecular formula is C30H35Cl2N3O4S. The number of nitrogens with zero attached hydrogens (tertiary/aromatic N) is 2. The highest BCUT2D eigenvalue weighted by molar-refractivity contribution is 7.92. The lowest BCUT2D eigenvalue weighted by molar-refractivity contribution is -0.140. The highest BCUT2D eigenvalue weighted by atomic mass is 35.5. The van der Waals surface area contributed by atoms with E-state index >= 15 is 0 Å². The van der Waals surface area contributed by atoms with E-state index in [4.69, 9.17) is 23.2 Å². The van der Waals surface area contributed by atoms with Gasteiger partial charge in [0.05, 0.1) is 20.6 Å². The van der Waals surface area contributed by atoms with Crippen molar-refractivity contribution in [1.82, 2.24) is 10.2 Å². The van der Waals surface area contributed by atoms with Crippen LogP contribution < -0.4 is 9.62 Å². The maximum Gasteiger partial charge on any atom is 0.264 e. The molecule has 0 spiro atoms. The Labute approximate surface area is 247 Å². The second-order valence-corrected chi connectivity index (χ2v) is 12.3. The maximum atomic E-state index is 14.1. The van der Waals surface area contributed by atoms with Crippen LogP contribution in [0.5, 0.6) is 0 Å². The zero-order chi connectivity index (χ0) is 29.4. The fraction of sp³-hybridized carbons (Fsp3) is 0.333. The van der Waals surface area contributed by atoms with Crippen molar-refractivity contribution in [2.24, 2.45) is 0 Å². The number of sulfonamides is 1. The summed E-state index contributed by atoms with van der Waals surface area (Å²) >= 11 is 12.3. The summed E-state index contributed by atoms with van der Waals surface area (Å²) < 4.78 is 28.9. The first kappa shape index (κ1) is 31.5. The maximum absolute atomic E-state index is 14.1. The number of hydrogen-bond acceptors (Lipinski definition) is 4. The molecule has 0 aromatic heterocycles. The second kappa shape index (κ2) is 14.0. The summed E-state index contributed by atoms with van der Waals surface area (Å²) in [6.07, 6.45) is 1.07. The third-order valence-corrected chi connectivity index (χ3v) is 8.90. The fourth-order valence-corrected chi connectivity index (χ4v) is 6.20. The lowest BCUT2D eigenvalue weighted by Crippen LogP contribution is -2.52.